The summed E-state index contributed by atoms with van der Waals surface area (Å²) in [7, 11) is 1.46. The number of methoxy groups -OCH3 is 1. The van der Waals surface area contributed by atoms with Crippen molar-refractivity contribution in [2.24, 2.45) is 0 Å². The summed E-state index contributed by atoms with van der Waals surface area (Å²) in [6.07, 6.45) is 1.83. The highest BCUT2D eigenvalue weighted by atomic mass is 16.5. The lowest BCUT2D eigenvalue weighted by molar-refractivity contribution is -0.148. The van der Waals surface area contributed by atoms with Crippen molar-refractivity contribution in [3.05, 3.63) is 0 Å². The molecule has 1 fully saturated rings. The van der Waals surface area contributed by atoms with Crippen LogP contribution >= 0.6 is 0 Å². The molecule has 0 aromatic carbocycles. The van der Waals surface area contributed by atoms with Crippen LogP contribution in [0.5, 0.6) is 0 Å². The first-order valence-corrected chi connectivity index (χ1v) is 8.22. The molecule has 0 aromatic heterocycles. The van der Waals surface area contributed by atoms with Gasteiger partial charge in [-0.3, -0.25) is 9.69 Å². The van der Waals surface area contributed by atoms with Gasteiger partial charge in [-0.25, -0.2) is 0 Å². The maximum Gasteiger partial charge on any atom is 0.325 e. The lowest BCUT2D eigenvalue weighted by Gasteiger charge is -2.37. The van der Waals surface area contributed by atoms with E-state index in [1.807, 2.05) is 13.8 Å². The molecule has 0 radical (unpaired) electrons. The van der Waals surface area contributed by atoms with Crippen LogP contribution in [-0.2, 0) is 9.53 Å². The predicted molar refractivity (Wildman–Crippen MR) is 86.5 cm³/mol. The number of carbonyl (C=O) groups is 1. The molecule has 1 aliphatic heterocycles. The average molecular weight is 299 g/mol. The fraction of sp³-hybridized carbons (Fsp3) is 0.938. The minimum atomic E-state index is -0.552. The molecule has 5 nitrogen and oxygen atoms in total. The van der Waals surface area contributed by atoms with Gasteiger partial charge in [0, 0.05) is 32.2 Å². The fourth-order valence-corrected chi connectivity index (χ4v) is 3.04. The Bertz CT molecular complexity index is 315. The number of ether oxygens (including phenoxy) is 1. The van der Waals surface area contributed by atoms with E-state index in [1.165, 1.54) is 7.11 Å². The summed E-state index contributed by atoms with van der Waals surface area (Å²) < 4.78 is 4.93. The van der Waals surface area contributed by atoms with Crippen LogP contribution in [0.3, 0.4) is 0 Å². The first-order valence-electron chi connectivity index (χ1n) is 8.22. The summed E-state index contributed by atoms with van der Waals surface area (Å²) in [6.45, 7) is 14.9. The van der Waals surface area contributed by atoms with Crippen LogP contribution in [0.1, 0.15) is 40.5 Å². The number of esters is 1. The standard InChI is InChI=1S/C16H33N3O2/c1-6-17-16(4,15(20)21-5)8-7-9-18-10-12-19(13-11-18)14(2)3/h14,17H,6-13H2,1-5H3. The van der Waals surface area contributed by atoms with Crippen molar-refractivity contribution in [1.29, 1.82) is 0 Å². The number of hydrogen-bond donors (Lipinski definition) is 1. The molecule has 0 amide bonds. The number of carbonyl (C=O) groups excluding carboxylic acids is 1. The monoisotopic (exact) mass is 299 g/mol. The molecule has 1 rings (SSSR count). The van der Waals surface area contributed by atoms with E-state index in [-0.39, 0.29) is 5.97 Å². The first kappa shape index (κ1) is 18.4. The Morgan fingerprint density at radius 3 is 2.38 bits per heavy atom. The molecule has 1 saturated heterocycles. The van der Waals surface area contributed by atoms with Crippen molar-refractivity contribution in [3.8, 4) is 0 Å². The topological polar surface area (TPSA) is 44.8 Å². The van der Waals surface area contributed by atoms with Gasteiger partial charge in [-0.1, -0.05) is 6.92 Å². The molecular formula is C16H33N3O2. The van der Waals surface area contributed by atoms with Crippen molar-refractivity contribution in [3.63, 3.8) is 0 Å². The second-order valence-corrected chi connectivity index (χ2v) is 6.43. The zero-order valence-corrected chi connectivity index (χ0v) is 14.4. The summed E-state index contributed by atoms with van der Waals surface area (Å²) in [6, 6.07) is 0.642. The van der Waals surface area contributed by atoms with Gasteiger partial charge in [0.25, 0.3) is 0 Å². The van der Waals surface area contributed by atoms with E-state index in [2.05, 4.69) is 29.0 Å². The van der Waals surface area contributed by atoms with Gasteiger partial charge in [0.2, 0.25) is 0 Å². The molecule has 1 N–H and O–H groups in total. The van der Waals surface area contributed by atoms with Crippen molar-refractivity contribution in [2.45, 2.75) is 52.1 Å². The van der Waals surface area contributed by atoms with Gasteiger partial charge >= 0.3 is 5.97 Å². The summed E-state index contributed by atoms with van der Waals surface area (Å²) in [5, 5.41) is 3.27. The van der Waals surface area contributed by atoms with E-state index >= 15 is 0 Å². The third-order valence-corrected chi connectivity index (χ3v) is 4.49. The number of rotatable bonds is 8. The Labute approximate surface area is 130 Å². The van der Waals surface area contributed by atoms with E-state index in [0.29, 0.717) is 6.04 Å². The molecule has 0 aliphatic carbocycles. The molecule has 1 unspecified atom stereocenters. The molecular weight excluding hydrogens is 266 g/mol. The largest absolute Gasteiger partial charge is 0.468 e. The smallest absolute Gasteiger partial charge is 0.325 e. The molecule has 1 atom stereocenters. The maximum absolute atomic E-state index is 11.9. The SMILES string of the molecule is CCNC(C)(CCCN1CCN(C(C)C)CC1)C(=O)OC. The van der Waals surface area contributed by atoms with E-state index in [4.69, 9.17) is 4.74 Å². The fourth-order valence-electron chi connectivity index (χ4n) is 3.04. The second-order valence-electron chi connectivity index (χ2n) is 6.43. The van der Waals surface area contributed by atoms with E-state index in [9.17, 15) is 4.79 Å². The van der Waals surface area contributed by atoms with Crippen LogP contribution < -0.4 is 5.32 Å². The van der Waals surface area contributed by atoms with Crippen molar-refractivity contribution in [1.82, 2.24) is 15.1 Å². The normalized spacial score (nSPS) is 20.5. The molecule has 1 aliphatic rings. The molecule has 0 aromatic rings. The Morgan fingerprint density at radius 1 is 1.29 bits per heavy atom. The zero-order chi connectivity index (χ0) is 15.9. The quantitative estimate of drug-likeness (QED) is 0.685. The van der Waals surface area contributed by atoms with Crippen LogP contribution in [0.25, 0.3) is 0 Å². The number of piperazine rings is 1. The number of nitrogens with zero attached hydrogens (tertiary/aromatic N) is 2. The summed E-state index contributed by atoms with van der Waals surface area (Å²) in [4.78, 5) is 16.9. The Morgan fingerprint density at radius 2 is 1.90 bits per heavy atom. The van der Waals surface area contributed by atoms with Gasteiger partial charge in [0.1, 0.15) is 5.54 Å². The highest BCUT2D eigenvalue weighted by Crippen LogP contribution is 2.15. The maximum atomic E-state index is 11.9. The van der Waals surface area contributed by atoms with Gasteiger partial charge in [0.05, 0.1) is 7.11 Å². The zero-order valence-electron chi connectivity index (χ0n) is 14.4. The van der Waals surface area contributed by atoms with Crippen molar-refractivity contribution in [2.75, 3.05) is 46.4 Å². The highest BCUT2D eigenvalue weighted by molar-refractivity contribution is 5.80. The Hall–Kier alpha value is -0.650. The Balaban J connectivity index is 2.33. The van der Waals surface area contributed by atoms with E-state index in [1.54, 1.807) is 0 Å². The summed E-state index contributed by atoms with van der Waals surface area (Å²) in [5.74, 6) is -0.158. The van der Waals surface area contributed by atoms with Crippen LogP contribution in [0.2, 0.25) is 0 Å². The van der Waals surface area contributed by atoms with Gasteiger partial charge in [-0.15, -0.1) is 0 Å². The minimum Gasteiger partial charge on any atom is -0.468 e. The predicted octanol–water partition coefficient (Wildman–Crippen LogP) is 1.33. The third kappa shape index (κ3) is 5.57. The summed E-state index contributed by atoms with van der Waals surface area (Å²) in [5.41, 5.74) is -0.552. The van der Waals surface area contributed by atoms with Crippen molar-refractivity contribution < 1.29 is 9.53 Å². The van der Waals surface area contributed by atoms with Gasteiger partial charge < -0.3 is 15.0 Å². The number of hydrogen-bond acceptors (Lipinski definition) is 5. The van der Waals surface area contributed by atoms with Gasteiger partial charge in [-0.2, -0.15) is 0 Å². The van der Waals surface area contributed by atoms with E-state index < -0.39 is 5.54 Å². The highest BCUT2D eigenvalue weighted by Gasteiger charge is 2.33. The average Bonchev–Trinajstić information content (AvgIpc) is 2.47. The van der Waals surface area contributed by atoms with Gasteiger partial charge in [0.15, 0.2) is 0 Å². The first-order chi connectivity index (χ1) is 9.92. The molecule has 5 heteroatoms. The van der Waals surface area contributed by atoms with E-state index in [0.717, 1.165) is 52.1 Å². The molecule has 0 bridgehead atoms. The van der Waals surface area contributed by atoms with Crippen molar-refractivity contribution >= 4 is 5.97 Å². The summed E-state index contributed by atoms with van der Waals surface area (Å²) >= 11 is 0. The lowest BCUT2D eigenvalue weighted by atomic mass is 9.95. The van der Waals surface area contributed by atoms with Crippen LogP contribution in [-0.4, -0.2) is 73.7 Å². The number of likely N-dealkylation sites (N-methyl/N-ethyl adjacent to an activating group) is 1. The Kier molecular flexibility index (Phi) is 7.63. The molecule has 0 spiro atoms. The number of nitrogens with one attached hydrogen (secondary N) is 1. The molecule has 1 heterocycles. The van der Waals surface area contributed by atoms with Crippen LogP contribution in [0.15, 0.2) is 0 Å². The second kappa shape index (κ2) is 8.71. The van der Waals surface area contributed by atoms with Gasteiger partial charge in [-0.05, 0) is 46.7 Å². The molecule has 124 valence electrons. The lowest BCUT2D eigenvalue weighted by Crippen LogP contribution is -2.51. The third-order valence-electron chi connectivity index (χ3n) is 4.49. The molecule has 0 saturated carbocycles. The van der Waals surface area contributed by atoms with Crippen LogP contribution in [0, 0.1) is 0 Å². The van der Waals surface area contributed by atoms with Crippen LogP contribution in [0.4, 0.5) is 0 Å². The molecule has 21 heavy (non-hydrogen) atoms. The minimum absolute atomic E-state index is 0.158.